The first-order valence-electron chi connectivity index (χ1n) is 6.92. The number of sulfone groups is 1. The van der Waals surface area contributed by atoms with Gasteiger partial charge in [0.05, 0.1) is 16.8 Å². The van der Waals surface area contributed by atoms with E-state index in [1.807, 2.05) is 26.2 Å². The third kappa shape index (κ3) is 4.20. The summed E-state index contributed by atoms with van der Waals surface area (Å²) in [7, 11) is -2.98. The second kappa shape index (κ2) is 6.66. The zero-order valence-electron chi connectivity index (χ0n) is 12.4. The van der Waals surface area contributed by atoms with Crippen molar-refractivity contribution >= 4 is 38.8 Å². The molecule has 0 spiro atoms. The van der Waals surface area contributed by atoms with E-state index < -0.39 is 9.84 Å². The van der Waals surface area contributed by atoms with Crippen molar-refractivity contribution in [3.8, 4) is 0 Å². The Balaban J connectivity index is 2.02. The molecule has 1 aromatic rings. The molecule has 1 aromatic heterocycles. The summed E-state index contributed by atoms with van der Waals surface area (Å²) in [5.74, 6) is 0.284. The number of amides is 1. The van der Waals surface area contributed by atoms with Gasteiger partial charge in [0.2, 0.25) is 5.91 Å². The summed E-state index contributed by atoms with van der Waals surface area (Å²) in [4.78, 5) is 18.6. The lowest BCUT2D eigenvalue weighted by atomic mass is 10.2. The minimum atomic E-state index is -2.98. The molecule has 0 saturated carbocycles. The Morgan fingerprint density at radius 1 is 1.62 bits per heavy atom. The van der Waals surface area contributed by atoms with Crippen LogP contribution >= 0.6 is 23.1 Å². The summed E-state index contributed by atoms with van der Waals surface area (Å²) in [5, 5.41) is 1.71. The molecule has 2 rings (SSSR count). The van der Waals surface area contributed by atoms with Gasteiger partial charge in [-0.3, -0.25) is 4.79 Å². The molecule has 1 fully saturated rings. The van der Waals surface area contributed by atoms with Gasteiger partial charge in [-0.25, -0.2) is 13.4 Å². The third-order valence-electron chi connectivity index (χ3n) is 3.50. The second-order valence-electron chi connectivity index (χ2n) is 5.20. The Hall–Kier alpha value is -0.600. The standard InChI is InChI=1S/C13H20N2O3S3/c1-4-15(11-5-6-21(17,18)8-11)12(16)10(3)20-13-14-9(2)7-19-13/h7,10-11H,4-6,8H2,1-3H3/t10-,11-/m1/s1. The van der Waals surface area contributed by atoms with Crippen molar-refractivity contribution in [1.29, 1.82) is 0 Å². The second-order valence-corrected chi connectivity index (χ2v) is 9.87. The predicted molar refractivity (Wildman–Crippen MR) is 86.6 cm³/mol. The molecule has 0 N–H and O–H groups in total. The fourth-order valence-corrected chi connectivity index (χ4v) is 6.22. The molecule has 0 bridgehead atoms. The van der Waals surface area contributed by atoms with Crippen LogP contribution < -0.4 is 0 Å². The van der Waals surface area contributed by atoms with Crippen molar-refractivity contribution < 1.29 is 13.2 Å². The average molecular weight is 349 g/mol. The number of aryl methyl sites for hydroxylation is 1. The summed E-state index contributed by atoms with van der Waals surface area (Å²) in [5.41, 5.74) is 0.955. The molecule has 0 aliphatic carbocycles. The van der Waals surface area contributed by atoms with Gasteiger partial charge in [-0.05, 0) is 27.2 Å². The first-order valence-corrected chi connectivity index (χ1v) is 10.5. The van der Waals surface area contributed by atoms with Crippen LogP contribution in [0.5, 0.6) is 0 Å². The normalized spacial score (nSPS) is 22.1. The van der Waals surface area contributed by atoms with Crippen LogP contribution in [-0.2, 0) is 14.6 Å². The van der Waals surface area contributed by atoms with Crippen molar-refractivity contribution in [2.45, 2.75) is 42.8 Å². The maximum absolute atomic E-state index is 12.6. The first-order chi connectivity index (χ1) is 9.82. The molecule has 1 aliphatic heterocycles. The highest BCUT2D eigenvalue weighted by Crippen LogP contribution is 2.29. The number of thiazole rings is 1. The van der Waals surface area contributed by atoms with Crippen LogP contribution in [-0.4, -0.2) is 53.6 Å². The molecule has 2 atom stereocenters. The lowest BCUT2D eigenvalue weighted by Crippen LogP contribution is -2.44. The molecule has 0 radical (unpaired) electrons. The third-order valence-corrected chi connectivity index (χ3v) is 7.42. The molecule has 8 heteroatoms. The summed E-state index contributed by atoms with van der Waals surface area (Å²) in [6.07, 6.45) is 0.551. The number of carbonyl (C=O) groups is 1. The molecular formula is C13H20N2O3S3. The molecule has 21 heavy (non-hydrogen) atoms. The highest BCUT2D eigenvalue weighted by molar-refractivity contribution is 8.02. The Labute approximate surface area is 134 Å². The summed E-state index contributed by atoms with van der Waals surface area (Å²) < 4.78 is 24.1. The first kappa shape index (κ1) is 16.8. The molecule has 1 saturated heterocycles. The van der Waals surface area contributed by atoms with Gasteiger partial charge in [0, 0.05) is 23.7 Å². The van der Waals surface area contributed by atoms with Gasteiger partial charge in [-0.2, -0.15) is 0 Å². The summed E-state index contributed by atoms with van der Waals surface area (Å²) >= 11 is 2.97. The fraction of sp³-hybridized carbons (Fsp3) is 0.692. The quantitative estimate of drug-likeness (QED) is 0.761. The maximum atomic E-state index is 12.6. The van der Waals surface area contributed by atoms with Gasteiger partial charge in [0.15, 0.2) is 14.2 Å². The van der Waals surface area contributed by atoms with Crippen molar-refractivity contribution in [2.75, 3.05) is 18.1 Å². The van der Waals surface area contributed by atoms with Gasteiger partial charge in [0.1, 0.15) is 0 Å². The van der Waals surface area contributed by atoms with E-state index in [0.29, 0.717) is 13.0 Å². The number of carbonyl (C=O) groups excluding carboxylic acids is 1. The van der Waals surface area contributed by atoms with E-state index in [-0.39, 0.29) is 28.7 Å². The maximum Gasteiger partial charge on any atom is 0.236 e. The van der Waals surface area contributed by atoms with E-state index in [4.69, 9.17) is 0 Å². The van der Waals surface area contributed by atoms with Gasteiger partial charge < -0.3 is 4.90 Å². The molecule has 1 amide bonds. The highest BCUT2D eigenvalue weighted by Gasteiger charge is 2.35. The largest absolute Gasteiger partial charge is 0.338 e. The van der Waals surface area contributed by atoms with Crippen LogP contribution in [0, 0.1) is 6.92 Å². The molecule has 1 aliphatic rings. The Kier molecular flexibility index (Phi) is 5.32. The molecule has 2 heterocycles. The minimum absolute atomic E-state index is 0.00236. The summed E-state index contributed by atoms with van der Waals surface area (Å²) in [6, 6.07) is -0.173. The van der Waals surface area contributed by atoms with E-state index in [1.54, 1.807) is 4.90 Å². The van der Waals surface area contributed by atoms with Crippen LogP contribution in [0.25, 0.3) is 0 Å². The monoisotopic (exact) mass is 348 g/mol. The van der Waals surface area contributed by atoms with E-state index in [9.17, 15) is 13.2 Å². The predicted octanol–water partition coefficient (Wildman–Crippen LogP) is 1.97. The Morgan fingerprint density at radius 3 is 2.81 bits per heavy atom. The number of rotatable bonds is 5. The molecule has 0 unspecified atom stereocenters. The van der Waals surface area contributed by atoms with E-state index in [2.05, 4.69) is 4.98 Å². The highest BCUT2D eigenvalue weighted by atomic mass is 32.2. The van der Waals surface area contributed by atoms with Crippen molar-refractivity contribution in [2.24, 2.45) is 0 Å². The molecule has 0 aromatic carbocycles. The number of hydrogen-bond acceptors (Lipinski definition) is 6. The van der Waals surface area contributed by atoms with E-state index in [1.165, 1.54) is 23.1 Å². The van der Waals surface area contributed by atoms with Crippen LogP contribution in [0.3, 0.4) is 0 Å². The van der Waals surface area contributed by atoms with Gasteiger partial charge in [-0.15, -0.1) is 11.3 Å². The van der Waals surface area contributed by atoms with Crippen LogP contribution in [0.15, 0.2) is 9.72 Å². The van der Waals surface area contributed by atoms with Crippen LogP contribution in [0.2, 0.25) is 0 Å². The number of aromatic nitrogens is 1. The van der Waals surface area contributed by atoms with Gasteiger partial charge in [0.25, 0.3) is 0 Å². The smallest absolute Gasteiger partial charge is 0.236 e. The molecule has 118 valence electrons. The minimum Gasteiger partial charge on any atom is -0.338 e. The topological polar surface area (TPSA) is 67.3 Å². The van der Waals surface area contributed by atoms with Crippen LogP contribution in [0.1, 0.15) is 26.0 Å². The Morgan fingerprint density at radius 2 is 2.33 bits per heavy atom. The van der Waals surface area contributed by atoms with Crippen molar-refractivity contribution in [3.05, 3.63) is 11.1 Å². The lowest BCUT2D eigenvalue weighted by Gasteiger charge is -2.29. The fourth-order valence-electron chi connectivity index (χ4n) is 2.44. The lowest BCUT2D eigenvalue weighted by molar-refractivity contribution is -0.131. The zero-order chi connectivity index (χ0) is 15.6. The number of hydrogen-bond donors (Lipinski definition) is 0. The Bertz CT molecular complexity index is 612. The number of thioether (sulfide) groups is 1. The van der Waals surface area contributed by atoms with Crippen molar-refractivity contribution in [3.63, 3.8) is 0 Å². The number of nitrogens with zero attached hydrogens (tertiary/aromatic N) is 2. The van der Waals surface area contributed by atoms with Gasteiger partial charge >= 0.3 is 0 Å². The molecular weight excluding hydrogens is 328 g/mol. The van der Waals surface area contributed by atoms with E-state index >= 15 is 0 Å². The summed E-state index contributed by atoms with van der Waals surface area (Å²) in [6.45, 7) is 6.22. The SMILES string of the molecule is CCN(C(=O)[C@@H](C)Sc1nc(C)cs1)[C@@H]1CCS(=O)(=O)C1. The van der Waals surface area contributed by atoms with Crippen LogP contribution in [0.4, 0.5) is 0 Å². The van der Waals surface area contributed by atoms with E-state index in [0.717, 1.165) is 10.0 Å². The van der Waals surface area contributed by atoms with Gasteiger partial charge in [-0.1, -0.05) is 11.8 Å². The average Bonchev–Trinajstić information content (AvgIpc) is 2.96. The zero-order valence-corrected chi connectivity index (χ0v) is 14.9. The molecule has 5 nitrogen and oxygen atoms in total. The van der Waals surface area contributed by atoms with Crippen molar-refractivity contribution in [1.82, 2.24) is 9.88 Å².